The van der Waals surface area contributed by atoms with E-state index in [2.05, 4.69) is 30.0 Å². The number of rotatable bonds is 4. The largest absolute Gasteiger partial charge is 0.491 e. The van der Waals surface area contributed by atoms with Crippen LogP contribution in [0.25, 0.3) is 10.4 Å². The molecule has 1 aromatic heterocycles. The molecule has 0 saturated carbocycles. The third-order valence-corrected chi connectivity index (χ3v) is 4.24. The van der Waals surface area contributed by atoms with Gasteiger partial charge in [0.15, 0.2) is 0 Å². The molecule has 0 atom stereocenters. The second-order valence-electron chi connectivity index (χ2n) is 4.84. The van der Waals surface area contributed by atoms with Crippen molar-refractivity contribution in [2.24, 2.45) is 0 Å². The first-order chi connectivity index (χ1) is 11.3. The summed E-state index contributed by atoms with van der Waals surface area (Å²) in [5, 5.41) is 0. The molecule has 3 aromatic rings. The molecular weight excluding hydrogens is 307 g/mol. The van der Waals surface area contributed by atoms with Crippen LogP contribution in [-0.2, 0) is 0 Å². The van der Waals surface area contributed by atoms with Crippen molar-refractivity contribution in [2.45, 2.75) is 0 Å². The first-order valence-corrected chi connectivity index (χ1v) is 8.13. The Bertz CT molecular complexity index is 810. The summed E-state index contributed by atoms with van der Waals surface area (Å²) >= 11 is 1.68. The molecule has 0 spiro atoms. The van der Waals surface area contributed by atoms with Crippen molar-refractivity contribution in [3.05, 3.63) is 77.2 Å². The molecule has 1 nitrogen and oxygen atoms in total. The highest BCUT2D eigenvalue weighted by atomic mass is 32.1. The molecule has 0 N–H and O–H groups in total. The number of halogens is 1. The van der Waals surface area contributed by atoms with Gasteiger partial charge in [0.05, 0.1) is 4.88 Å². The van der Waals surface area contributed by atoms with Gasteiger partial charge in [-0.3, -0.25) is 0 Å². The summed E-state index contributed by atoms with van der Waals surface area (Å²) in [4.78, 5) is 2.24. The second-order valence-corrected chi connectivity index (χ2v) is 5.93. The molecule has 0 aliphatic heterocycles. The van der Waals surface area contributed by atoms with Gasteiger partial charge >= 0.3 is 0 Å². The SMILES string of the molecule is FCCOc1ccc(C#Cc2ccc(-c3ccccc3)s2)cc1. The van der Waals surface area contributed by atoms with Crippen LogP contribution in [0, 0.1) is 11.8 Å². The first-order valence-electron chi connectivity index (χ1n) is 7.31. The van der Waals surface area contributed by atoms with Crippen LogP contribution in [0.15, 0.2) is 66.7 Å². The normalized spacial score (nSPS) is 9.96. The summed E-state index contributed by atoms with van der Waals surface area (Å²) in [6, 6.07) is 21.8. The van der Waals surface area contributed by atoms with E-state index >= 15 is 0 Å². The summed E-state index contributed by atoms with van der Waals surface area (Å²) in [6.45, 7) is -0.397. The Morgan fingerprint density at radius 3 is 2.39 bits per heavy atom. The lowest BCUT2D eigenvalue weighted by atomic mass is 10.2. The molecular formula is C20H15FOS. The van der Waals surface area contributed by atoms with E-state index in [0.717, 1.165) is 10.4 Å². The highest BCUT2D eigenvalue weighted by Gasteiger charge is 2.00. The Labute approximate surface area is 139 Å². The predicted octanol–water partition coefficient (Wildman–Crippen LogP) is 5.16. The Morgan fingerprint density at radius 1 is 0.870 bits per heavy atom. The van der Waals surface area contributed by atoms with Gasteiger partial charge in [-0.15, -0.1) is 11.3 Å². The zero-order valence-electron chi connectivity index (χ0n) is 12.5. The third-order valence-electron chi connectivity index (χ3n) is 3.19. The van der Waals surface area contributed by atoms with Crippen LogP contribution in [-0.4, -0.2) is 13.3 Å². The summed E-state index contributed by atoms with van der Waals surface area (Å²) in [5.41, 5.74) is 2.12. The minimum absolute atomic E-state index is 0.0858. The number of ether oxygens (including phenoxy) is 1. The van der Waals surface area contributed by atoms with Gasteiger partial charge < -0.3 is 4.74 Å². The summed E-state index contributed by atoms with van der Waals surface area (Å²) < 4.78 is 17.2. The lowest BCUT2D eigenvalue weighted by Gasteiger charge is -2.02. The van der Waals surface area contributed by atoms with Crippen molar-refractivity contribution in [2.75, 3.05) is 13.3 Å². The molecule has 1 heterocycles. The van der Waals surface area contributed by atoms with E-state index in [1.54, 1.807) is 11.3 Å². The zero-order valence-corrected chi connectivity index (χ0v) is 13.3. The summed E-state index contributed by atoms with van der Waals surface area (Å²) in [7, 11) is 0. The van der Waals surface area contributed by atoms with Crippen molar-refractivity contribution >= 4 is 11.3 Å². The lowest BCUT2D eigenvalue weighted by Crippen LogP contribution is -1.98. The maximum atomic E-state index is 12.0. The van der Waals surface area contributed by atoms with Gasteiger partial charge in [0, 0.05) is 10.4 Å². The van der Waals surface area contributed by atoms with Gasteiger partial charge in [0.1, 0.15) is 19.0 Å². The highest BCUT2D eigenvalue weighted by molar-refractivity contribution is 7.16. The van der Waals surface area contributed by atoms with Crippen LogP contribution in [0.2, 0.25) is 0 Å². The van der Waals surface area contributed by atoms with Crippen LogP contribution < -0.4 is 4.74 Å². The fourth-order valence-corrected chi connectivity index (χ4v) is 2.95. The molecule has 23 heavy (non-hydrogen) atoms. The summed E-state index contributed by atoms with van der Waals surface area (Å²) in [6.07, 6.45) is 0. The number of hydrogen-bond acceptors (Lipinski definition) is 2. The Morgan fingerprint density at radius 2 is 1.65 bits per heavy atom. The molecule has 2 aromatic carbocycles. The van der Waals surface area contributed by atoms with Crippen LogP contribution in [0.3, 0.4) is 0 Å². The van der Waals surface area contributed by atoms with Crippen molar-refractivity contribution in [1.82, 2.24) is 0 Å². The predicted molar refractivity (Wildman–Crippen MR) is 93.6 cm³/mol. The van der Waals surface area contributed by atoms with Crippen molar-refractivity contribution in [3.8, 4) is 28.0 Å². The minimum Gasteiger partial charge on any atom is -0.491 e. The van der Waals surface area contributed by atoms with Crippen molar-refractivity contribution in [1.29, 1.82) is 0 Å². The Hall–Kier alpha value is -2.57. The number of benzene rings is 2. The highest BCUT2D eigenvalue weighted by Crippen LogP contribution is 2.27. The van der Waals surface area contributed by atoms with E-state index in [9.17, 15) is 4.39 Å². The fourth-order valence-electron chi connectivity index (χ4n) is 2.09. The van der Waals surface area contributed by atoms with Crippen molar-refractivity contribution < 1.29 is 9.13 Å². The molecule has 0 unspecified atom stereocenters. The van der Waals surface area contributed by atoms with E-state index < -0.39 is 6.67 Å². The van der Waals surface area contributed by atoms with E-state index in [1.807, 2.05) is 48.5 Å². The van der Waals surface area contributed by atoms with Gasteiger partial charge in [0.2, 0.25) is 0 Å². The zero-order chi connectivity index (χ0) is 15.9. The Kier molecular flexibility index (Phi) is 5.08. The molecule has 0 fully saturated rings. The van der Waals surface area contributed by atoms with Crippen LogP contribution >= 0.6 is 11.3 Å². The topological polar surface area (TPSA) is 9.23 Å². The molecule has 0 aliphatic carbocycles. The Balaban J connectivity index is 1.71. The smallest absolute Gasteiger partial charge is 0.123 e. The lowest BCUT2D eigenvalue weighted by molar-refractivity contribution is 0.273. The molecule has 0 bridgehead atoms. The second kappa shape index (κ2) is 7.62. The van der Waals surface area contributed by atoms with Gasteiger partial charge in [-0.25, -0.2) is 4.39 Å². The molecule has 114 valence electrons. The van der Waals surface area contributed by atoms with Crippen molar-refractivity contribution in [3.63, 3.8) is 0 Å². The number of hydrogen-bond donors (Lipinski definition) is 0. The average molecular weight is 322 g/mol. The van der Waals surface area contributed by atoms with Gasteiger partial charge in [-0.1, -0.05) is 42.2 Å². The van der Waals surface area contributed by atoms with E-state index in [0.29, 0.717) is 5.75 Å². The number of alkyl halides is 1. The van der Waals surface area contributed by atoms with E-state index in [1.165, 1.54) is 10.4 Å². The molecule has 3 heteroatoms. The maximum Gasteiger partial charge on any atom is 0.123 e. The van der Waals surface area contributed by atoms with Crippen LogP contribution in [0.4, 0.5) is 4.39 Å². The fraction of sp³-hybridized carbons (Fsp3) is 0.100. The quantitative estimate of drug-likeness (QED) is 0.603. The van der Waals surface area contributed by atoms with Gasteiger partial charge in [0.25, 0.3) is 0 Å². The minimum atomic E-state index is -0.482. The van der Waals surface area contributed by atoms with Crippen LogP contribution in [0.5, 0.6) is 5.75 Å². The molecule has 0 amide bonds. The maximum absolute atomic E-state index is 12.0. The van der Waals surface area contributed by atoms with Gasteiger partial charge in [-0.2, -0.15) is 0 Å². The summed E-state index contributed by atoms with van der Waals surface area (Å²) in [5.74, 6) is 6.98. The molecule has 0 saturated heterocycles. The van der Waals surface area contributed by atoms with Crippen LogP contribution in [0.1, 0.15) is 10.4 Å². The first kappa shape index (κ1) is 15.3. The van der Waals surface area contributed by atoms with E-state index in [4.69, 9.17) is 4.74 Å². The molecule has 3 rings (SSSR count). The monoisotopic (exact) mass is 322 g/mol. The molecule has 0 aliphatic rings. The molecule has 0 radical (unpaired) electrons. The number of thiophene rings is 1. The third kappa shape index (κ3) is 4.21. The average Bonchev–Trinajstić information content (AvgIpc) is 3.09. The van der Waals surface area contributed by atoms with Gasteiger partial charge in [-0.05, 0) is 42.0 Å². The van der Waals surface area contributed by atoms with E-state index in [-0.39, 0.29) is 6.61 Å². The standard InChI is InChI=1S/C20H15FOS/c21-14-15-22-18-9-6-16(7-10-18)8-11-19-12-13-20(23-19)17-4-2-1-3-5-17/h1-7,9-10,12-13H,14-15H2.